The minimum absolute atomic E-state index is 0.0217. The number of rotatable bonds is 7. The second kappa shape index (κ2) is 8.42. The lowest BCUT2D eigenvalue weighted by atomic mass is 10.2. The number of nitrogens with zero attached hydrogens (tertiary/aromatic N) is 1. The van der Waals surface area contributed by atoms with Crippen molar-refractivity contribution >= 4 is 22.9 Å². The molecule has 2 aromatic rings. The Hall–Kier alpha value is -1.69. The minimum Gasteiger partial charge on any atom is -0.377 e. The number of hydrogen-bond acceptors (Lipinski definition) is 4. The zero-order valence-corrected chi connectivity index (χ0v) is 14.8. The predicted molar refractivity (Wildman–Crippen MR) is 98.4 cm³/mol. The third-order valence-electron chi connectivity index (χ3n) is 4.15. The Morgan fingerprint density at radius 1 is 1.33 bits per heavy atom. The van der Waals surface area contributed by atoms with Gasteiger partial charge in [0.25, 0.3) is 0 Å². The van der Waals surface area contributed by atoms with Gasteiger partial charge < -0.3 is 10.1 Å². The first-order chi connectivity index (χ1) is 11.7. The van der Waals surface area contributed by atoms with Crippen molar-refractivity contribution in [2.24, 2.45) is 0 Å². The van der Waals surface area contributed by atoms with Crippen LogP contribution in [0, 0.1) is 6.92 Å². The monoisotopic (exact) mass is 344 g/mol. The SMILES string of the molecule is Cc1ccc(NC(=O)CN(Cc2cccs2)C[C@H]2CCCO2)cc1. The highest BCUT2D eigenvalue weighted by atomic mass is 32.1. The molecule has 1 fully saturated rings. The van der Waals surface area contributed by atoms with Gasteiger partial charge in [-0.05, 0) is 43.3 Å². The van der Waals surface area contributed by atoms with Crippen LogP contribution < -0.4 is 5.32 Å². The second-order valence-electron chi connectivity index (χ2n) is 6.30. The van der Waals surface area contributed by atoms with Crippen molar-refractivity contribution in [3.05, 3.63) is 52.2 Å². The molecule has 128 valence electrons. The molecule has 2 heterocycles. The van der Waals surface area contributed by atoms with Crippen LogP contribution >= 0.6 is 11.3 Å². The smallest absolute Gasteiger partial charge is 0.238 e. The molecule has 24 heavy (non-hydrogen) atoms. The van der Waals surface area contributed by atoms with Crippen LogP contribution in [0.4, 0.5) is 5.69 Å². The molecule has 5 heteroatoms. The van der Waals surface area contributed by atoms with E-state index in [1.165, 1.54) is 10.4 Å². The number of hydrogen-bond donors (Lipinski definition) is 1. The van der Waals surface area contributed by atoms with Crippen molar-refractivity contribution in [3.63, 3.8) is 0 Å². The van der Waals surface area contributed by atoms with Crippen molar-refractivity contribution in [3.8, 4) is 0 Å². The van der Waals surface area contributed by atoms with Crippen LogP contribution in [-0.2, 0) is 16.1 Å². The summed E-state index contributed by atoms with van der Waals surface area (Å²) in [5.74, 6) is 0.0217. The molecular weight excluding hydrogens is 320 g/mol. The summed E-state index contributed by atoms with van der Waals surface area (Å²) in [5, 5.41) is 5.06. The molecule has 4 nitrogen and oxygen atoms in total. The highest BCUT2D eigenvalue weighted by molar-refractivity contribution is 7.09. The molecule has 1 amide bonds. The van der Waals surface area contributed by atoms with Gasteiger partial charge in [0.05, 0.1) is 12.6 Å². The lowest BCUT2D eigenvalue weighted by molar-refractivity contribution is -0.117. The number of carbonyl (C=O) groups is 1. The first-order valence-electron chi connectivity index (χ1n) is 8.42. The summed E-state index contributed by atoms with van der Waals surface area (Å²) in [7, 11) is 0. The molecule has 1 aliphatic heterocycles. The average Bonchev–Trinajstić information content (AvgIpc) is 3.23. The van der Waals surface area contributed by atoms with E-state index in [2.05, 4.69) is 27.7 Å². The minimum atomic E-state index is 0.0217. The standard InChI is InChI=1S/C19H24N2O2S/c1-15-6-8-16(9-7-15)20-19(22)14-21(12-17-4-2-10-23-17)13-18-5-3-11-24-18/h3,5-9,11,17H,2,4,10,12-14H2,1H3,(H,20,22)/t17-/m1/s1. The highest BCUT2D eigenvalue weighted by Crippen LogP contribution is 2.17. The largest absolute Gasteiger partial charge is 0.377 e. The maximum Gasteiger partial charge on any atom is 0.238 e. The maximum absolute atomic E-state index is 12.4. The number of aryl methyl sites for hydroxylation is 1. The van der Waals surface area contributed by atoms with E-state index in [0.717, 1.165) is 38.2 Å². The molecule has 1 aliphatic rings. The average molecular weight is 344 g/mol. The molecule has 0 saturated carbocycles. The number of anilines is 1. The van der Waals surface area contributed by atoms with Gasteiger partial charge >= 0.3 is 0 Å². The van der Waals surface area contributed by atoms with E-state index in [-0.39, 0.29) is 12.0 Å². The van der Waals surface area contributed by atoms with Gasteiger partial charge in [-0.3, -0.25) is 9.69 Å². The Labute approximate surface area is 147 Å². The van der Waals surface area contributed by atoms with Crippen LogP contribution in [0.3, 0.4) is 0 Å². The molecule has 0 aliphatic carbocycles. The molecular formula is C19H24N2O2S. The van der Waals surface area contributed by atoms with Crippen LogP contribution in [0.25, 0.3) is 0 Å². The third-order valence-corrected chi connectivity index (χ3v) is 5.01. The van der Waals surface area contributed by atoms with Crippen LogP contribution in [-0.4, -0.2) is 36.6 Å². The van der Waals surface area contributed by atoms with Crippen molar-refractivity contribution in [2.45, 2.75) is 32.4 Å². The lowest BCUT2D eigenvalue weighted by Crippen LogP contribution is -2.37. The lowest BCUT2D eigenvalue weighted by Gasteiger charge is -2.24. The van der Waals surface area contributed by atoms with Gasteiger partial charge in [0.15, 0.2) is 0 Å². The van der Waals surface area contributed by atoms with E-state index in [1.54, 1.807) is 11.3 Å². The van der Waals surface area contributed by atoms with Crippen molar-refractivity contribution in [2.75, 3.05) is 25.0 Å². The zero-order chi connectivity index (χ0) is 16.8. The summed E-state index contributed by atoms with van der Waals surface area (Å²) < 4.78 is 5.75. The summed E-state index contributed by atoms with van der Waals surface area (Å²) in [6, 6.07) is 12.1. The first kappa shape index (κ1) is 17.1. The number of carbonyl (C=O) groups excluding carboxylic acids is 1. The quantitative estimate of drug-likeness (QED) is 0.833. The molecule has 0 unspecified atom stereocenters. The van der Waals surface area contributed by atoms with E-state index in [1.807, 2.05) is 31.2 Å². The number of nitrogens with one attached hydrogen (secondary N) is 1. The Morgan fingerprint density at radius 2 is 2.17 bits per heavy atom. The molecule has 3 rings (SSSR count). The molecule has 1 atom stereocenters. The van der Waals surface area contributed by atoms with Gasteiger partial charge in [0.1, 0.15) is 0 Å². The van der Waals surface area contributed by atoms with Crippen LogP contribution in [0.5, 0.6) is 0 Å². The molecule has 0 spiro atoms. The molecule has 1 N–H and O–H groups in total. The van der Waals surface area contributed by atoms with Gasteiger partial charge in [-0.1, -0.05) is 23.8 Å². The number of ether oxygens (including phenoxy) is 1. The van der Waals surface area contributed by atoms with Gasteiger partial charge in [0.2, 0.25) is 5.91 Å². The van der Waals surface area contributed by atoms with E-state index >= 15 is 0 Å². The number of amides is 1. The van der Waals surface area contributed by atoms with Crippen molar-refractivity contribution < 1.29 is 9.53 Å². The van der Waals surface area contributed by atoms with E-state index in [9.17, 15) is 4.79 Å². The van der Waals surface area contributed by atoms with E-state index in [4.69, 9.17) is 4.74 Å². The molecule has 0 radical (unpaired) electrons. The first-order valence-corrected chi connectivity index (χ1v) is 9.30. The Kier molecular flexibility index (Phi) is 6.01. The summed E-state index contributed by atoms with van der Waals surface area (Å²) in [6.45, 7) is 4.85. The molecule has 1 aromatic carbocycles. The van der Waals surface area contributed by atoms with Crippen molar-refractivity contribution in [1.82, 2.24) is 4.90 Å². The summed E-state index contributed by atoms with van der Waals surface area (Å²) in [5.41, 5.74) is 2.03. The normalized spacial score (nSPS) is 17.3. The number of benzene rings is 1. The van der Waals surface area contributed by atoms with E-state index in [0.29, 0.717) is 6.54 Å². The van der Waals surface area contributed by atoms with Crippen LogP contribution in [0.2, 0.25) is 0 Å². The van der Waals surface area contributed by atoms with Crippen LogP contribution in [0.15, 0.2) is 41.8 Å². The molecule has 1 saturated heterocycles. The number of thiophene rings is 1. The van der Waals surface area contributed by atoms with Crippen molar-refractivity contribution in [1.29, 1.82) is 0 Å². The van der Waals surface area contributed by atoms with Gasteiger partial charge in [0, 0.05) is 30.3 Å². The summed E-state index contributed by atoms with van der Waals surface area (Å²) >= 11 is 1.73. The predicted octanol–water partition coefficient (Wildman–Crippen LogP) is 3.68. The molecule has 0 bridgehead atoms. The van der Waals surface area contributed by atoms with Gasteiger partial charge in [-0.15, -0.1) is 11.3 Å². The Balaban J connectivity index is 1.58. The Morgan fingerprint density at radius 3 is 2.83 bits per heavy atom. The third kappa shape index (κ3) is 5.16. The van der Waals surface area contributed by atoms with Gasteiger partial charge in [-0.2, -0.15) is 0 Å². The Bertz CT molecular complexity index is 634. The molecule has 1 aromatic heterocycles. The summed E-state index contributed by atoms with van der Waals surface area (Å²) in [6.07, 6.45) is 2.45. The highest BCUT2D eigenvalue weighted by Gasteiger charge is 2.21. The fraction of sp³-hybridized carbons (Fsp3) is 0.421. The summed E-state index contributed by atoms with van der Waals surface area (Å²) in [4.78, 5) is 15.9. The van der Waals surface area contributed by atoms with Crippen LogP contribution in [0.1, 0.15) is 23.3 Å². The van der Waals surface area contributed by atoms with E-state index < -0.39 is 0 Å². The zero-order valence-electron chi connectivity index (χ0n) is 14.0. The topological polar surface area (TPSA) is 41.6 Å². The van der Waals surface area contributed by atoms with Gasteiger partial charge in [-0.25, -0.2) is 0 Å². The second-order valence-corrected chi connectivity index (χ2v) is 7.33. The maximum atomic E-state index is 12.4. The fourth-order valence-corrected chi connectivity index (χ4v) is 3.67. The fourth-order valence-electron chi connectivity index (χ4n) is 2.92.